The predicted molar refractivity (Wildman–Crippen MR) is 155 cm³/mol. The van der Waals surface area contributed by atoms with Crippen molar-refractivity contribution in [1.29, 1.82) is 0 Å². The van der Waals surface area contributed by atoms with Crippen LogP contribution >= 0.6 is 0 Å². The lowest BCUT2D eigenvalue weighted by Gasteiger charge is -2.35. The number of Topliss-reactive ketones (excluding diaryl/α,β-unsaturated/α-hetero) is 1. The van der Waals surface area contributed by atoms with E-state index >= 15 is 0 Å². The molecule has 218 valence electrons. The Morgan fingerprint density at radius 1 is 0.951 bits per heavy atom. The van der Waals surface area contributed by atoms with Gasteiger partial charge in [-0.05, 0) is 63.7 Å². The van der Waals surface area contributed by atoms with Gasteiger partial charge in [-0.25, -0.2) is 8.42 Å². The van der Waals surface area contributed by atoms with Gasteiger partial charge in [-0.1, -0.05) is 31.5 Å². The first-order valence-corrected chi connectivity index (χ1v) is 15.5. The Kier molecular flexibility index (Phi) is 7.80. The number of amides is 2. The number of ketones is 1. The Balaban J connectivity index is 1.67. The summed E-state index contributed by atoms with van der Waals surface area (Å²) in [5.74, 6) is -2.80. The SMILES string of the molecule is CCCN1C(=O)C2(C(=C(O)c3ccc(S(=O)(=O)N4CCCCC4)cc3)C(=O)C(=O)N2CCN(C)C)c2ccccc21. The fraction of sp³-hybridized carbons (Fsp3) is 0.433. The molecule has 0 aromatic heterocycles. The lowest BCUT2D eigenvalue weighted by molar-refractivity contribution is -0.143. The minimum absolute atomic E-state index is 0.0773. The average molecular weight is 581 g/mol. The molecular formula is C30H36N4O6S. The molecule has 0 bridgehead atoms. The van der Waals surface area contributed by atoms with E-state index < -0.39 is 38.9 Å². The molecule has 2 fully saturated rings. The second-order valence-corrected chi connectivity index (χ2v) is 12.9. The van der Waals surface area contributed by atoms with Crippen LogP contribution in [0.4, 0.5) is 5.69 Å². The number of carbonyl (C=O) groups is 3. The maximum atomic E-state index is 14.4. The van der Waals surface area contributed by atoms with Crippen molar-refractivity contribution in [1.82, 2.24) is 14.1 Å². The van der Waals surface area contributed by atoms with Crippen molar-refractivity contribution in [2.75, 3.05) is 51.7 Å². The molecular weight excluding hydrogens is 544 g/mol. The third-order valence-corrected chi connectivity index (χ3v) is 10.0. The van der Waals surface area contributed by atoms with Gasteiger partial charge in [0.15, 0.2) is 5.54 Å². The molecule has 11 heteroatoms. The zero-order chi connectivity index (χ0) is 29.5. The van der Waals surface area contributed by atoms with Crippen molar-refractivity contribution >= 4 is 39.1 Å². The number of piperidine rings is 1. The molecule has 1 N–H and O–H groups in total. The van der Waals surface area contributed by atoms with E-state index in [9.17, 15) is 27.9 Å². The highest BCUT2D eigenvalue weighted by Gasteiger charge is 2.66. The first kappa shape index (κ1) is 29.0. The number of rotatable bonds is 8. The Bertz CT molecular complexity index is 1510. The first-order chi connectivity index (χ1) is 19.6. The summed E-state index contributed by atoms with van der Waals surface area (Å²) in [4.78, 5) is 46.4. The van der Waals surface area contributed by atoms with Crippen LogP contribution in [-0.2, 0) is 29.9 Å². The quantitative estimate of drug-likeness (QED) is 0.290. The van der Waals surface area contributed by atoms with Crippen LogP contribution in [0.3, 0.4) is 0 Å². The first-order valence-electron chi connectivity index (χ1n) is 14.0. The summed E-state index contributed by atoms with van der Waals surface area (Å²) >= 11 is 0. The largest absolute Gasteiger partial charge is 0.507 e. The average Bonchev–Trinajstić information content (AvgIpc) is 3.35. The maximum absolute atomic E-state index is 14.4. The van der Waals surface area contributed by atoms with Crippen LogP contribution in [0.2, 0.25) is 0 Å². The van der Waals surface area contributed by atoms with Crippen LogP contribution in [0.5, 0.6) is 0 Å². The molecule has 1 spiro atoms. The Hall–Kier alpha value is -3.54. The highest BCUT2D eigenvalue weighted by Crippen LogP contribution is 2.53. The lowest BCUT2D eigenvalue weighted by Crippen LogP contribution is -2.53. The minimum Gasteiger partial charge on any atom is -0.507 e. The highest BCUT2D eigenvalue weighted by atomic mass is 32.2. The number of sulfonamides is 1. The normalized spacial score (nSPS) is 22.8. The number of hydrogen-bond acceptors (Lipinski definition) is 7. The van der Waals surface area contributed by atoms with Crippen molar-refractivity contribution in [3.63, 3.8) is 0 Å². The summed E-state index contributed by atoms with van der Waals surface area (Å²) in [5.41, 5.74) is -0.943. The van der Waals surface area contributed by atoms with E-state index in [1.54, 1.807) is 29.2 Å². The van der Waals surface area contributed by atoms with Gasteiger partial charge in [0.2, 0.25) is 10.0 Å². The molecule has 2 aromatic carbocycles. The molecule has 5 rings (SSSR count). The molecule has 0 aliphatic carbocycles. The number of nitrogens with zero attached hydrogens (tertiary/aromatic N) is 4. The van der Waals surface area contributed by atoms with Crippen LogP contribution < -0.4 is 4.90 Å². The highest BCUT2D eigenvalue weighted by molar-refractivity contribution is 7.89. The second kappa shape index (κ2) is 11.0. The fourth-order valence-corrected chi connectivity index (χ4v) is 7.61. The van der Waals surface area contributed by atoms with E-state index in [0.717, 1.165) is 19.3 Å². The molecule has 3 aliphatic heterocycles. The van der Waals surface area contributed by atoms with Gasteiger partial charge < -0.3 is 19.8 Å². The number of aliphatic hydroxyl groups excluding tert-OH is 1. The molecule has 1 atom stereocenters. The van der Waals surface area contributed by atoms with Gasteiger partial charge in [0, 0.05) is 43.9 Å². The Morgan fingerprint density at radius 2 is 1.61 bits per heavy atom. The summed E-state index contributed by atoms with van der Waals surface area (Å²) in [6, 6.07) is 12.7. The molecule has 2 amide bonds. The maximum Gasteiger partial charge on any atom is 0.296 e. The summed E-state index contributed by atoms with van der Waals surface area (Å²) in [5, 5.41) is 11.7. The van der Waals surface area contributed by atoms with E-state index in [4.69, 9.17) is 0 Å². The third kappa shape index (κ3) is 4.56. The van der Waals surface area contributed by atoms with E-state index in [2.05, 4.69) is 0 Å². The van der Waals surface area contributed by atoms with Crippen LogP contribution in [0.15, 0.2) is 59.0 Å². The number of benzene rings is 2. The minimum atomic E-state index is -3.71. The molecule has 0 radical (unpaired) electrons. The van der Waals surface area contributed by atoms with Crippen LogP contribution in [-0.4, -0.2) is 92.0 Å². The predicted octanol–water partition coefficient (Wildman–Crippen LogP) is 2.76. The third-order valence-electron chi connectivity index (χ3n) is 8.11. The monoisotopic (exact) mass is 580 g/mol. The van der Waals surface area contributed by atoms with Gasteiger partial charge in [-0.3, -0.25) is 14.4 Å². The van der Waals surface area contributed by atoms with Crippen LogP contribution in [0, 0.1) is 0 Å². The van der Waals surface area contributed by atoms with Crippen LogP contribution in [0.1, 0.15) is 43.7 Å². The second-order valence-electron chi connectivity index (χ2n) is 11.0. The summed E-state index contributed by atoms with van der Waals surface area (Å²) < 4.78 is 27.8. The molecule has 2 aromatic rings. The number of hydrogen-bond donors (Lipinski definition) is 1. The fourth-order valence-electron chi connectivity index (χ4n) is 6.10. The standard InChI is InChI=1S/C30H36N4O6S/c1-4-16-33-24-11-7-6-10-23(24)30(29(33)38)25(27(36)28(37)34(30)20-19-31(2)3)26(35)21-12-14-22(15-13-21)41(39,40)32-17-8-5-9-18-32/h6-7,10-15,35H,4-5,8-9,16-20H2,1-3H3. The van der Waals surface area contributed by atoms with Gasteiger partial charge in [-0.2, -0.15) is 4.31 Å². The van der Waals surface area contributed by atoms with E-state index in [1.807, 2.05) is 25.9 Å². The molecule has 2 saturated heterocycles. The molecule has 3 heterocycles. The summed E-state index contributed by atoms with van der Waals surface area (Å²) in [6.07, 6.45) is 3.24. The van der Waals surface area contributed by atoms with E-state index in [1.165, 1.54) is 33.5 Å². The van der Waals surface area contributed by atoms with Crippen molar-refractivity contribution in [2.24, 2.45) is 0 Å². The molecule has 1 unspecified atom stereocenters. The molecule has 41 heavy (non-hydrogen) atoms. The van der Waals surface area contributed by atoms with Gasteiger partial charge in [0.05, 0.1) is 16.2 Å². The molecule has 10 nitrogen and oxygen atoms in total. The zero-order valence-corrected chi connectivity index (χ0v) is 24.5. The number of para-hydroxylation sites is 1. The number of likely N-dealkylation sites (N-methyl/N-ethyl adjacent to an activating group) is 1. The Morgan fingerprint density at radius 3 is 2.24 bits per heavy atom. The van der Waals surface area contributed by atoms with Crippen molar-refractivity contribution in [2.45, 2.75) is 43.0 Å². The number of anilines is 1. The summed E-state index contributed by atoms with van der Waals surface area (Å²) in [7, 11) is -0.0511. The van der Waals surface area contributed by atoms with Gasteiger partial charge >= 0.3 is 0 Å². The molecule has 0 saturated carbocycles. The van der Waals surface area contributed by atoms with Gasteiger partial charge in [-0.15, -0.1) is 0 Å². The number of likely N-dealkylation sites (tertiary alicyclic amines) is 1. The van der Waals surface area contributed by atoms with Gasteiger partial charge in [0.1, 0.15) is 5.76 Å². The number of aliphatic hydroxyl groups is 1. The van der Waals surface area contributed by atoms with Crippen molar-refractivity contribution in [3.8, 4) is 0 Å². The van der Waals surface area contributed by atoms with Crippen molar-refractivity contribution < 1.29 is 27.9 Å². The van der Waals surface area contributed by atoms with Crippen molar-refractivity contribution in [3.05, 3.63) is 65.2 Å². The number of fused-ring (bicyclic) bond motifs is 2. The van der Waals surface area contributed by atoms with E-state index in [0.29, 0.717) is 43.9 Å². The molecule has 3 aliphatic rings. The Labute approximate surface area is 240 Å². The lowest BCUT2D eigenvalue weighted by atomic mass is 9.82. The number of carbonyl (C=O) groups excluding carboxylic acids is 3. The van der Waals surface area contributed by atoms with Gasteiger partial charge in [0.25, 0.3) is 17.6 Å². The summed E-state index contributed by atoms with van der Waals surface area (Å²) in [6.45, 7) is 3.69. The zero-order valence-electron chi connectivity index (χ0n) is 23.7. The topological polar surface area (TPSA) is 119 Å². The smallest absolute Gasteiger partial charge is 0.296 e. The van der Waals surface area contributed by atoms with E-state index in [-0.39, 0.29) is 22.6 Å². The van der Waals surface area contributed by atoms with Crippen LogP contribution in [0.25, 0.3) is 5.76 Å².